The van der Waals surface area contributed by atoms with E-state index in [9.17, 15) is 19.2 Å². The van der Waals surface area contributed by atoms with Crippen LogP contribution in [0.3, 0.4) is 0 Å². The molecule has 1 fully saturated rings. The third-order valence-electron chi connectivity index (χ3n) is 6.81. The number of aromatic nitrogens is 1. The first-order valence-electron chi connectivity index (χ1n) is 13.1. The number of anilines is 1. The van der Waals surface area contributed by atoms with E-state index in [4.69, 9.17) is 10.2 Å². The SMILES string of the molecule is Cc1sc2c(c1C(=O)CCCN1CCN(c3nsc4ccccc34)CC1)C(=O)NCCC2.O=C(O)/C=C\C(=O)O. The molecule has 3 N–H and O–H groups in total. The Hall–Kier alpha value is -3.61. The second-order valence-corrected chi connectivity index (χ2v) is 11.7. The topological polar surface area (TPSA) is 140 Å². The van der Waals surface area contributed by atoms with Gasteiger partial charge in [-0.1, -0.05) is 12.1 Å². The Morgan fingerprint density at radius 2 is 1.77 bits per heavy atom. The van der Waals surface area contributed by atoms with Gasteiger partial charge in [0.05, 0.1) is 10.3 Å². The molecule has 2 aliphatic rings. The van der Waals surface area contributed by atoms with Crippen LogP contribution in [0.25, 0.3) is 10.1 Å². The summed E-state index contributed by atoms with van der Waals surface area (Å²) in [7, 11) is 0. The van der Waals surface area contributed by atoms with Crippen LogP contribution in [0.1, 0.15) is 49.7 Å². The number of Topliss-reactive ketones (excluding diaryl/α,β-unsaturated/α-hetero) is 1. The largest absolute Gasteiger partial charge is 0.478 e. The Labute approximate surface area is 240 Å². The summed E-state index contributed by atoms with van der Waals surface area (Å²) in [5, 5.41) is 19.8. The molecule has 212 valence electrons. The van der Waals surface area contributed by atoms with Crippen LogP contribution in [0.5, 0.6) is 0 Å². The number of carbonyl (C=O) groups excluding carboxylic acids is 2. The zero-order valence-corrected chi connectivity index (χ0v) is 23.9. The number of rotatable bonds is 8. The molecule has 1 saturated heterocycles. The first-order valence-corrected chi connectivity index (χ1v) is 14.7. The van der Waals surface area contributed by atoms with Crippen molar-refractivity contribution >= 4 is 62.4 Å². The molecule has 12 heteroatoms. The fraction of sp³-hybridized carbons (Fsp3) is 0.393. The number of nitrogens with one attached hydrogen (secondary N) is 1. The van der Waals surface area contributed by atoms with E-state index in [1.165, 1.54) is 10.1 Å². The maximum atomic E-state index is 13.0. The summed E-state index contributed by atoms with van der Waals surface area (Å²) in [4.78, 5) is 51.5. The number of ketones is 1. The number of aryl methyl sites for hydroxylation is 2. The van der Waals surface area contributed by atoms with Gasteiger partial charge in [0.15, 0.2) is 5.78 Å². The lowest BCUT2D eigenvalue weighted by Crippen LogP contribution is -2.46. The maximum Gasteiger partial charge on any atom is 0.328 e. The highest BCUT2D eigenvalue weighted by molar-refractivity contribution is 7.13. The number of carboxylic acid groups (broad SMARTS) is 2. The smallest absolute Gasteiger partial charge is 0.328 e. The number of carboxylic acids is 2. The minimum Gasteiger partial charge on any atom is -0.478 e. The fourth-order valence-electron chi connectivity index (χ4n) is 4.91. The number of hydrogen-bond acceptors (Lipinski definition) is 9. The number of amides is 1. The molecule has 0 aliphatic carbocycles. The molecule has 0 saturated carbocycles. The minimum absolute atomic E-state index is 0.0733. The van der Waals surface area contributed by atoms with Gasteiger partial charge >= 0.3 is 11.9 Å². The van der Waals surface area contributed by atoms with Crippen molar-refractivity contribution in [2.75, 3.05) is 44.2 Å². The average molecular weight is 585 g/mol. The molecule has 0 radical (unpaired) electrons. The number of thiophene rings is 1. The van der Waals surface area contributed by atoms with Gasteiger partial charge in [0, 0.05) is 72.0 Å². The third-order valence-corrected chi connectivity index (χ3v) is 8.79. The van der Waals surface area contributed by atoms with Crippen molar-refractivity contribution in [2.45, 2.75) is 32.6 Å². The highest BCUT2D eigenvalue weighted by Crippen LogP contribution is 2.32. The van der Waals surface area contributed by atoms with Crippen LogP contribution in [0, 0.1) is 6.92 Å². The highest BCUT2D eigenvalue weighted by Gasteiger charge is 2.27. The predicted molar refractivity (Wildman–Crippen MR) is 156 cm³/mol. The quantitative estimate of drug-likeness (QED) is 0.266. The molecule has 1 aromatic carbocycles. The van der Waals surface area contributed by atoms with Gasteiger partial charge in [-0.05, 0) is 56.4 Å². The van der Waals surface area contributed by atoms with Crippen LogP contribution < -0.4 is 10.2 Å². The van der Waals surface area contributed by atoms with Crippen LogP contribution in [-0.4, -0.2) is 82.4 Å². The van der Waals surface area contributed by atoms with Gasteiger partial charge in [-0.15, -0.1) is 11.3 Å². The van der Waals surface area contributed by atoms with Gasteiger partial charge in [0.2, 0.25) is 0 Å². The lowest BCUT2D eigenvalue weighted by Gasteiger charge is -2.35. The van der Waals surface area contributed by atoms with Gasteiger partial charge in [-0.2, -0.15) is 4.37 Å². The van der Waals surface area contributed by atoms with Crippen molar-refractivity contribution < 1.29 is 29.4 Å². The molecule has 5 rings (SSSR count). The summed E-state index contributed by atoms with van der Waals surface area (Å²) >= 11 is 3.19. The summed E-state index contributed by atoms with van der Waals surface area (Å²) in [5.41, 5.74) is 1.32. The average Bonchev–Trinajstić information content (AvgIpc) is 3.46. The first kappa shape index (κ1) is 29.4. The normalized spacial score (nSPS) is 15.7. The lowest BCUT2D eigenvalue weighted by atomic mass is 10.00. The summed E-state index contributed by atoms with van der Waals surface area (Å²) in [6, 6.07) is 8.41. The Morgan fingerprint density at radius 1 is 1.07 bits per heavy atom. The Bertz CT molecular complexity index is 1410. The van der Waals surface area contributed by atoms with E-state index in [2.05, 4.69) is 43.8 Å². The molecule has 0 unspecified atom stereocenters. The number of piperazine rings is 1. The molecule has 3 aromatic rings. The van der Waals surface area contributed by atoms with E-state index < -0.39 is 11.9 Å². The molecular weight excluding hydrogens is 552 g/mol. The molecule has 40 heavy (non-hydrogen) atoms. The first-order chi connectivity index (χ1) is 19.2. The molecule has 0 bridgehead atoms. The molecule has 0 spiro atoms. The molecule has 0 atom stereocenters. The predicted octanol–water partition coefficient (Wildman–Crippen LogP) is 3.84. The number of carbonyl (C=O) groups is 4. The van der Waals surface area contributed by atoms with Crippen LogP contribution in [0.15, 0.2) is 36.4 Å². The molecule has 1 amide bonds. The number of nitrogens with zero attached hydrogens (tertiary/aromatic N) is 3. The Morgan fingerprint density at radius 3 is 2.48 bits per heavy atom. The van der Waals surface area contributed by atoms with E-state index in [-0.39, 0.29) is 11.7 Å². The van der Waals surface area contributed by atoms with Crippen LogP contribution in [0.2, 0.25) is 0 Å². The van der Waals surface area contributed by atoms with Crippen molar-refractivity contribution in [1.82, 2.24) is 14.6 Å². The van der Waals surface area contributed by atoms with Crippen LogP contribution >= 0.6 is 22.9 Å². The molecule has 2 aliphatic heterocycles. The van der Waals surface area contributed by atoms with Crippen molar-refractivity contribution in [1.29, 1.82) is 0 Å². The second kappa shape index (κ2) is 13.6. The van der Waals surface area contributed by atoms with Crippen molar-refractivity contribution in [3.63, 3.8) is 0 Å². The zero-order chi connectivity index (χ0) is 28.6. The van der Waals surface area contributed by atoms with Gasteiger partial charge in [0.1, 0.15) is 5.82 Å². The number of benzene rings is 1. The van der Waals surface area contributed by atoms with E-state index in [0.717, 1.165) is 67.6 Å². The van der Waals surface area contributed by atoms with E-state index in [1.54, 1.807) is 22.9 Å². The number of hydrogen-bond donors (Lipinski definition) is 3. The summed E-state index contributed by atoms with van der Waals surface area (Å²) in [6.45, 7) is 7.45. The van der Waals surface area contributed by atoms with E-state index in [1.807, 2.05) is 6.92 Å². The zero-order valence-electron chi connectivity index (χ0n) is 22.2. The van der Waals surface area contributed by atoms with Gasteiger partial charge < -0.3 is 20.4 Å². The van der Waals surface area contributed by atoms with Gasteiger partial charge in [0.25, 0.3) is 5.91 Å². The summed E-state index contributed by atoms with van der Waals surface area (Å²) < 4.78 is 5.92. The second-order valence-electron chi connectivity index (χ2n) is 9.56. The number of fused-ring (bicyclic) bond motifs is 2. The van der Waals surface area contributed by atoms with Crippen LogP contribution in [0.4, 0.5) is 5.82 Å². The maximum absolute atomic E-state index is 13.0. The Balaban J connectivity index is 0.000000406. The summed E-state index contributed by atoms with van der Waals surface area (Å²) in [5.74, 6) is -1.37. The number of aliphatic carboxylic acids is 2. The fourth-order valence-corrected chi connectivity index (χ4v) is 6.93. The highest BCUT2D eigenvalue weighted by atomic mass is 32.1. The van der Waals surface area contributed by atoms with E-state index in [0.29, 0.717) is 36.2 Å². The molecular formula is C28H32N4O6S2. The third kappa shape index (κ3) is 7.32. The van der Waals surface area contributed by atoms with Gasteiger partial charge in [-0.3, -0.25) is 14.5 Å². The lowest BCUT2D eigenvalue weighted by molar-refractivity contribution is -0.134. The Kier molecular flexibility index (Phi) is 10.0. The standard InChI is InChI=1S/C24H28N4O2S2.C4H4O4/c1-16-21(22-20(31-16)9-4-10-25-24(22)30)18(29)7-5-11-27-12-14-28(15-13-27)23-17-6-2-3-8-19(17)32-26-23;5-3(6)1-2-4(7)8/h2-3,6,8H,4-5,7,9-15H2,1H3,(H,25,30);1-2H,(H,5,6)(H,7,8)/b;2-1-. The van der Waals surface area contributed by atoms with Crippen molar-refractivity contribution in [3.05, 3.63) is 57.3 Å². The summed E-state index contributed by atoms with van der Waals surface area (Å²) in [6.07, 6.45) is 4.25. The molecule has 10 nitrogen and oxygen atoms in total. The van der Waals surface area contributed by atoms with Gasteiger partial charge in [-0.25, -0.2) is 9.59 Å². The molecule has 4 heterocycles. The van der Waals surface area contributed by atoms with Crippen LogP contribution in [-0.2, 0) is 16.0 Å². The minimum atomic E-state index is -1.26. The van der Waals surface area contributed by atoms with E-state index >= 15 is 0 Å². The van der Waals surface area contributed by atoms with Crippen molar-refractivity contribution in [3.8, 4) is 0 Å². The van der Waals surface area contributed by atoms with Crippen molar-refractivity contribution in [2.24, 2.45) is 0 Å². The molecule has 2 aromatic heterocycles. The monoisotopic (exact) mass is 584 g/mol.